The highest BCUT2D eigenvalue weighted by Crippen LogP contribution is 2.53. The summed E-state index contributed by atoms with van der Waals surface area (Å²) in [5.74, 6) is 0.811. The number of allylic oxidation sites excluding steroid dienone is 2. The number of hydrogen-bond donors (Lipinski definition) is 2. The van der Waals surface area contributed by atoms with E-state index in [9.17, 15) is 4.79 Å². The first-order valence-electron chi connectivity index (χ1n) is 7.36. The predicted molar refractivity (Wildman–Crippen MR) is 83.4 cm³/mol. The summed E-state index contributed by atoms with van der Waals surface area (Å²) in [7, 11) is 3.70. The van der Waals surface area contributed by atoms with Gasteiger partial charge in [-0.15, -0.1) is 11.8 Å². The van der Waals surface area contributed by atoms with Crippen molar-refractivity contribution in [1.29, 1.82) is 0 Å². The maximum atomic E-state index is 11.8. The molecule has 0 aromatic heterocycles. The molecule has 4 nitrogen and oxygen atoms in total. The molecule has 0 aromatic carbocycles. The van der Waals surface area contributed by atoms with E-state index in [2.05, 4.69) is 33.8 Å². The van der Waals surface area contributed by atoms with Crippen LogP contribution in [0.3, 0.4) is 0 Å². The highest BCUT2D eigenvalue weighted by Gasteiger charge is 2.49. The minimum Gasteiger partial charge on any atom is -0.370 e. The Balaban J connectivity index is 1.81. The number of carbonyl (C=O) groups excluding carboxylic acids is 1. The molecule has 3 heterocycles. The van der Waals surface area contributed by atoms with E-state index in [1.165, 1.54) is 12.1 Å². The summed E-state index contributed by atoms with van der Waals surface area (Å²) < 4.78 is 0. The van der Waals surface area contributed by atoms with E-state index in [4.69, 9.17) is 0 Å². The SMILES string of the molecule is CNC(=O)CC1(NC)CC2CCN3CC=CC=C3C2S1. The Morgan fingerprint density at radius 2 is 2.40 bits per heavy atom. The van der Waals surface area contributed by atoms with Crippen LogP contribution in [-0.4, -0.2) is 48.1 Å². The maximum absolute atomic E-state index is 11.8. The molecule has 0 aliphatic carbocycles. The van der Waals surface area contributed by atoms with E-state index < -0.39 is 0 Å². The molecule has 0 spiro atoms. The quantitative estimate of drug-likeness (QED) is 0.824. The molecule has 110 valence electrons. The number of nitrogens with zero attached hydrogens (tertiary/aromatic N) is 1. The summed E-state index contributed by atoms with van der Waals surface area (Å²) in [5, 5.41) is 6.73. The highest BCUT2D eigenvalue weighted by molar-refractivity contribution is 8.01. The standard InChI is InChI=1S/C15H23N3OS/c1-16-13(19)10-15(17-2)9-11-6-8-18-7-4-3-5-12(18)14(11)20-15/h3-5,11,14,17H,6-10H2,1-2H3,(H,16,19). The molecule has 3 unspecified atom stereocenters. The Hall–Kier alpha value is -0.940. The average Bonchev–Trinajstić information content (AvgIpc) is 2.86. The summed E-state index contributed by atoms with van der Waals surface area (Å²) >= 11 is 1.96. The molecule has 3 aliphatic rings. The lowest BCUT2D eigenvalue weighted by molar-refractivity contribution is -0.121. The zero-order chi connectivity index (χ0) is 14.2. The molecule has 5 heteroatoms. The van der Waals surface area contributed by atoms with Crippen LogP contribution in [0.25, 0.3) is 0 Å². The van der Waals surface area contributed by atoms with Crippen LogP contribution >= 0.6 is 11.8 Å². The molecule has 3 aliphatic heterocycles. The molecular weight excluding hydrogens is 270 g/mol. The Morgan fingerprint density at radius 1 is 1.55 bits per heavy atom. The fraction of sp³-hybridized carbons (Fsp3) is 0.667. The first kappa shape index (κ1) is 14.0. The summed E-state index contributed by atoms with van der Waals surface area (Å²) in [6.07, 6.45) is 9.53. The summed E-state index contributed by atoms with van der Waals surface area (Å²) in [5.41, 5.74) is 1.46. The predicted octanol–water partition coefficient (Wildman–Crippen LogP) is 1.32. The van der Waals surface area contributed by atoms with Crippen LogP contribution in [0.1, 0.15) is 19.3 Å². The molecule has 3 atom stereocenters. The van der Waals surface area contributed by atoms with Crippen molar-refractivity contribution in [2.75, 3.05) is 27.2 Å². The molecule has 2 N–H and O–H groups in total. The van der Waals surface area contributed by atoms with Gasteiger partial charge < -0.3 is 15.5 Å². The molecule has 1 amide bonds. The fourth-order valence-electron chi connectivity index (χ4n) is 3.57. The van der Waals surface area contributed by atoms with Gasteiger partial charge in [0.05, 0.1) is 11.3 Å². The van der Waals surface area contributed by atoms with Crippen LogP contribution in [0, 0.1) is 5.92 Å². The third-order valence-electron chi connectivity index (χ3n) is 4.71. The van der Waals surface area contributed by atoms with E-state index in [0.29, 0.717) is 17.6 Å². The molecule has 3 rings (SSSR count). The van der Waals surface area contributed by atoms with Crippen LogP contribution in [0.4, 0.5) is 0 Å². The van der Waals surface area contributed by atoms with Crippen LogP contribution in [0.5, 0.6) is 0 Å². The lowest BCUT2D eigenvalue weighted by Crippen LogP contribution is -2.42. The summed E-state index contributed by atoms with van der Waals surface area (Å²) in [6, 6.07) is 0. The number of nitrogens with one attached hydrogen (secondary N) is 2. The minimum atomic E-state index is -0.104. The van der Waals surface area contributed by atoms with Crippen molar-refractivity contribution in [1.82, 2.24) is 15.5 Å². The molecule has 2 saturated heterocycles. The smallest absolute Gasteiger partial charge is 0.222 e. The van der Waals surface area contributed by atoms with Crippen LogP contribution < -0.4 is 10.6 Å². The minimum absolute atomic E-state index is 0.104. The lowest BCUT2D eigenvalue weighted by atomic mass is 9.86. The van der Waals surface area contributed by atoms with E-state index in [0.717, 1.165) is 19.5 Å². The molecule has 0 bridgehead atoms. The van der Waals surface area contributed by atoms with Gasteiger partial charge in [-0.05, 0) is 31.9 Å². The van der Waals surface area contributed by atoms with Gasteiger partial charge in [-0.25, -0.2) is 0 Å². The zero-order valence-corrected chi connectivity index (χ0v) is 13.0. The number of amides is 1. The second-order valence-corrected chi connectivity index (χ2v) is 7.38. The van der Waals surface area contributed by atoms with Crippen molar-refractivity contribution in [3.05, 3.63) is 23.9 Å². The second kappa shape index (κ2) is 5.45. The van der Waals surface area contributed by atoms with Gasteiger partial charge in [-0.3, -0.25) is 4.79 Å². The van der Waals surface area contributed by atoms with Crippen LogP contribution in [0.15, 0.2) is 23.9 Å². The van der Waals surface area contributed by atoms with Crippen molar-refractivity contribution in [3.63, 3.8) is 0 Å². The van der Waals surface area contributed by atoms with Gasteiger partial charge in [0.1, 0.15) is 0 Å². The average molecular weight is 293 g/mol. The van der Waals surface area contributed by atoms with Gasteiger partial charge in [-0.1, -0.05) is 12.2 Å². The lowest BCUT2D eigenvalue weighted by Gasteiger charge is -2.39. The van der Waals surface area contributed by atoms with Crippen molar-refractivity contribution in [2.45, 2.75) is 29.4 Å². The van der Waals surface area contributed by atoms with Gasteiger partial charge in [0, 0.05) is 31.1 Å². The van der Waals surface area contributed by atoms with E-state index in [-0.39, 0.29) is 10.8 Å². The molecule has 0 saturated carbocycles. The first-order valence-corrected chi connectivity index (χ1v) is 8.24. The number of rotatable bonds is 3. The van der Waals surface area contributed by atoms with Gasteiger partial charge in [-0.2, -0.15) is 0 Å². The monoisotopic (exact) mass is 293 g/mol. The van der Waals surface area contributed by atoms with Gasteiger partial charge >= 0.3 is 0 Å². The van der Waals surface area contributed by atoms with E-state index in [1.807, 2.05) is 18.8 Å². The fourth-order valence-corrected chi connectivity index (χ4v) is 5.47. The Kier molecular flexibility index (Phi) is 3.82. The first-order chi connectivity index (χ1) is 9.67. The van der Waals surface area contributed by atoms with Crippen molar-refractivity contribution in [2.24, 2.45) is 5.92 Å². The summed E-state index contributed by atoms with van der Waals surface area (Å²) in [6.45, 7) is 2.19. The topological polar surface area (TPSA) is 44.4 Å². The van der Waals surface area contributed by atoms with E-state index >= 15 is 0 Å². The number of piperidine rings is 1. The zero-order valence-electron chi connectivity index (χ0n) is 12.2. The van der Waals surface area contributed by atoms with E-state index in [1.54, 1.807) is 7.05 Å². The highest BCUT2D eigenvalue weighted by atomic mass is 32.2. The third-order valence-corrected chi connectivity index (χ3v) is 6.56. The molecule has 0 radical (unpaired) electrons. The molecule has 2 fully saturated rings. The largest absolute Gasteiger partial charge is 0.370 e. The summed E-state index contributed by atoms with van der Waals surface area (Å²) in [4.78, 5) is 14.2. The van der Waals surface area contributed by atoms with Crippen LogP contribution in [-0.2, 0) is 4.79 Å². The number of thioether (sulfide) groups is 1. The number of fused-ring (bicyclic) bond motifs is 3. The molecule has 0 aromatic rings. The molecular formula is C15H23N3OS. The van der Waals surface area contributed by atoms with Crippen LogP contribution in [0.2, 0.25) is 0 Å². The number of hydrogen-bond acceptors (Lipinski definition) is 4. The third kappa shape index (κ3) is 2.37. The Labute approximate surface area is 125 Å². The number of carbonyl (C=O) groups is 1. The van der Waals surface area contributed by atoms with Crippen molar-refractivity contribution in [3.8, 4) is 0 Å². The normalized spacial score (nSPS) is 35.3. The van der Waals surface area contributed by atoms with Gasteiger partial charge in [0.25, 0.3) is 0 Å². The van der Waals surface area contributed by atoms with Gasteiger partial charge in [0.2, 0.25) is 5.91 Å². The Morgan fingerprint density at radius 3 is 3.15 bits per heavy atom. The Bertz CT molecular complexity index is 462. The van der Waals surface area contributed by atoms with Gasteiger partial charge in [0.15, 0.2) is 0 Å². The maximum Gasteiger partial charge on any atom is 0.222 e. The molecule has 20 heavy (non-hydrogen) atoms. The second-order valence-electron chi connectivity index (χ2n) is 5.85. The van der Waals surface area contributed by atoms with Crippen molar-refractivity contribution < 1.29 is 4.79 Å². The van der Waals surface area contributed by atoms with Crippen molar-refractivity contribution >= 4 is 17.7 Å².